The maximum atomic E-state index is 5.47. The Hall–Kier alpha value is -0.330. The molecule has 0 aliphatic carbocycles. The van der Waals surface area contributed by atoms with Crippen molar-refractivity contribution in [2.75, 3.05) is 37.5 Å². The standard InChI is InChI=1S/C12H17IO3/c13-6-7-14-8-9-15-10-11-16-12-4-2-1-3-5-12/h1-5H,6-11H2. The van der Waals surface area contributed by atoms with E-state index >= 15 is 0 Å². The van der Waals surface area contributed by atoms with Crippen LogP contribution in [0.4, 0.5) is 0 Å². The Kier molecular flexibility index (Phi) is 8.47. The molecule has 1 aromatic carbocycles. The van der Waals surface area contributed by atoms with Crippen molar-refractivity contribution in [3.8, 4) is 5.75 Å². The number of hydrogen-bond acceptors (Lipinski definition) is 3. The molecule has 1 aromatic rings. The molecule has 4 heteroatoms. The highest BCUT2D eigenvalue weighted by Crippen LogP contribution is 2.07. The van der Waals surface area contributed by atoms with Crippen molar-refractivity contribution in [1.82, 2.24) is 0 Å². The van der Waals surface area contributed by atoms with Crippen LogP contribution in [0.15, 0.2) is 30.3 Å². The fourth-order valence-corrected chi connectivity index (χ4v) is 1.42. The minimum absolute atomic E-state index is 0.580. The van der Waals surface area contributed by atoms with Crippen molar-refractivity contribution in [1.29, 1.82) is 0 Å². The second kappa shape index (κ2) is 9.86. The molecule has 0 spiro atoms. The highest BCUT2D eigenvalue weighted by molar-refractivity contribution is 14.1. The molecule has 1 rings (SSSR count). The number of rotatable bonds is 9. The highest BCUT2D eigenvalue weighted by Gasteiger charge is 1.92. The van der Waals surface area contributed by atoms with E-state index < -0.39 is 0 Å². The maximum Gasteiger partial charge on any atom is 0.119 e. The number of halogens is 1. The number of ether oxygens (including phenoxy) is 3. The van der Waals surface area contributed by atoms with E-state index in [1.54, 1.807) is 0 Å². The first kappa shape index (κ1) is 13.7. The Labute approximate surface area is 110 Å². The molecular weight excluding hydrogens is 319 g/mol. The molecule has 0 saturated heterocycles. The molecule has 0 saturated carbocycles. The first-order chi connectivity index (χ1) is 7.93. The predicted octanol–water partition coefficient (Wildman–Crippen LogP) is 2.53. The summed E-state index contributed by atoms with van der Waals surface area (Å²) in [5.74, 6) is 0.882. The first-order valence-electron chi connectivity index (χ1n) is 5.33. The summed E-state index contributed by atoms with van der Waals surface area (Å²) in [4.78, 5) is 0. The molecule has 0 aliphatic heterocycles. The van der Waals surface area contributed by atoms with E-state index in [1.807, 2.05) is 30.3 Å². The molecule has 0 aromatic heterocycles. The van der Waals surface area contributed by atoms with Crippen LogP contribution in [0.25, 0.3) is 0 Å². The lowest BCUT2D eigenvalue weighted by molar-refractivity contribution is 0.0417. The van der Waals surface area contributed by atoms with Gasteiger partial charge in [-0.2, -0.15) is 0 Å². The van der Waals surface area contributed by atoms with Crippen LogP contribution in [0.1, 0.15) is 0 Å². The molecule has 0 fully saturated rings. The molecule has 0 amide bonds. The summed E-state index contributed by atoms with van der Waals surface area (Å²) in [5, 5.41) is 0. The van der Waals surface area contributed by atoms with E-state index in [0.29, 0.717) is 26.4 Å². The summed E-state index contributed by atoms with van der Waals surface area (Å²) >= 11 is 2.28. The normalized spacial score (nSPS) is 10.3. The molecule has 90 valence electrons. The summed E-state index contributed by atoms with van der Waals surface area (Å²) < 4.78 is 17.1. The van der Waals surface area contributed by atoms with E-state index in [9.17, 15) is 0 Å². The Bertz CT molecular complexity index is 254. The molecule has 0 radical (unpaired) electrons. The zero-order chi connectivity index (χ0) is 11.5. The van der Waals surface area contributed by atoms with Crippen LogP contribution < -0.4 is 4.74 Å². The van der Waals surface area contributed by atoms with Gasteiger partial charge in [-0.15, -0.1) is 0 Å². The van der Waals surface area contributed by atoms with Gasteiger partial charge >= 0.3 is 0 Å². The van der Waals surface area contributed by atoms with Gasteiger partial charge in [-0.05, 0) is 12.1 Å². The zero-order valence-electron chi connectivity index (χ0n) is 9.23. The van der Waals surface area contributed by atoms with Crippen molar-refractivity contribution in [2.24, 2.45) is 0 Å². The van der Waals surface area contributed by atoms with E-state index in [-0.39, 0.29) is 0 Å². The van der Waals surface area contributed by atoms with Crippen molar-refractivity contribution < 1.29 is 14.2 Å². The zero-order valence-corrected chi connectivity index (χ0v) is 11.4. The van der Waals surface area contributed by atoms with Gasteiger partial charge in [-0.1, -0.05) is 40.8 Å². The van der Waals surface area contributed by atoms with E-state index in [1.165, 1.54) is 0 Å². The number of alkyl halides is 1. The second-order valence-electron chi connectivity index (χ2n) is 3.08. The van der Waals surface area contributed by atoms with Gasteiger partial charge in [0.2, 0.25) is 0 Å². The average Bonchev–Trinajstić information content (AvgIpc) is 2.34. The van der Waals surface area contributed by atoms with Gasteiger partial charge in [-0.25, -0.2) is 0 Å². The summed E-state index contributed by atoms with van der Waals surface area (Å²) in [6, 6.07) is 9.74. The predicted molar refractivity (Wildman–Crippen MR) is 72.5 cm³/mol. The van der Waals surface area contributed by atoms with E-state index in [4.69, 9.17) is 14.2 Å². The molecule has 0 aliphatic rings. The van der Waals surface area contributed by atoms with Gasteiger partial charge in [0.05, 0.1) is 26.4 Å². The minimum atomic E-state index is 0.580. The van der Waals surface area contributed by atoms with Crippen LogP contribution in [0, 0.1) is 0 Å². The summed E-state index contributed by atoms with van der Waals surface area (Å²) in [6.45, 7) is 3.27. The van der Waals surface area contributed by atoms with Crippen molar-refractivity contribution in [3.05, 3.63) is 30.3 Å². The fraction of sp³-hybridized carbons (Fsp3) is 0.500. The second-order valence-corrected chi connectivity index (χ2v) is 4.15. The Morgan fingerprint density at radius 1 is 0.812 bits per heavy atom. The molecule has 0 bridgehead atoms. The van der Waals surface area contributed by atoms with Gasteiger partial charge in [0.25, 0.3) is 0 Å². The van der Waals surface area contributed by atoms with Gasteiger partial charge in [0.1, 0.15) is 12.4 Å². The third-order valence-corrected chi connectivity index (χ3v) is 2.27. The molecule has 3 nitrogen and oxygen atoms in total. The summed E-state index contributed by atoms with van der Waals surface area (Å²) in [6.07, 6.45) is 0. The smallest absolute Gasteiger partial charge is 0.119 e. The fourth-order valence-electron chi connectivity index (χ4n) is 1.11. The van der Waals surface area contributed by atoms with E-state index in [0.717, 1.165) is 16.8 Å². The SMILES string of the molecule is ICCOCCOCCOc1ccccc1. The van der Waals surface area contributed by atoms with Crippen LogP contribution in [0.3, 0.4) is 0 Å². The lowest BCUT2D eigenvalue weighted by Crippen LogP contribution is -2.11. The Morgan fingerprint density at radius 2 is 1.44 bits per heavy atom. The van der Waals surface area contributed by atoms with Crippen LogP contribution >= 0.6 is 22.6 Å². The number of hydrogen-bond donors (Lipinski definition) is 0. The molecule has 0 unspecified atom stereocenters. The lowest BCUT2D eigenvalue weighted by atomic mass is 10.3. The van der Waals surface area contributed by atoms with Gasteiger partial charge < -0.3 is 14.2 Å². The van der Waals surface area contributed by atoms with E-state index in [2.05, 4.69) is 22.6 Å². The maximum absolute atomic E-state index is 5.47. The van der Waals surface area contributed by atoms with Gasteiger partial charge in [0.15, 0.2) is 0 Å². The quantitative estimate of drug-likeness (QED) is 0.394. The van der Waals surface area contributed by atoms with Crippen molar-refractivity contribution >= 4 is 22.6 Å². The monoisotopic (exact) mass is 336 g/mol. The lowest BCUT2D eigenvalue weighted by Gasteiger charge is -2.07. The largest absolute Gasteiger partial charge is 0.491 e. The Balaban J connectivity index is 1.89. The molecule has 0 N–H and O–H groups in total. The number of benzene rings is 1. The molecule has 0 atom stereocenters. The summed E-state index contributed by atoms with van der Waals surface area (Å²) in [7, 11) is 0. The first-order valence-corrected chi connectivity index (χ1v) is 6.85. The van der Waals surface area contributed by atoms with Gasteiger partial charge in [-0.3, -0.25) is 0 Å². The molecule has 0 heterocycles. The summed E-state index contributed by atoms with van der Waals surface area (Å²) in [5.41, 5.74) is 0. The van der Waals surface area contributed by atoms with Crippen LogP contribution in [-0.2, 0) is 9.47 Å². The number of para-hydroxylation sites is 1. The topological polar surface area (TPSA) is 27.7 Å². The van der Waals surface area contributed by atoms with Crippen molar-refractivity contribution in [2.45, 2.75) is 0 Å². The third-order valence-electron chi connectivity index (χ3n) is 1.83. The molecular formula is C12H17IO3. The Morgan fingerprint density at radius 3 is 2.12 bits per heavy atom. The highest BCUT2D eigenvalue weighted by atomic mass is 127. The molecule has 16 heavy (non-hydrogen) atoms. The van der Waals surface area contributed by atoms with Crippen molar-refractivity contribution in [3.63, 3.8) is 0 Å². The average molecular weight is 336 g/mol. The van der Waals surface area contributed by atoms with Gasteiger partial charge in [0, 0.05) is 4.43 Å². The minimum Gasteiger partial charge on any atom is -0.491 e. The third kappa shape index (κ3) is 7.03. The van der Waals surface area contributed by atoms with Crippen LogP contribution in [-0.4, -0.2) is 37.5 Å². The van der Waals surface area contributed by atoms with Crippen LogP contribution in [0.2, 0.25) is 0 Å². The van der Waals surface area contributed by atoms with Crippen LogP contribution in [0.5, 0.6) is 5.75 Å².